The molecule has 2 rings (SSSR count). The van der Waals surface area contributed by atoms with Gasteiger partial charge in [-0.1, -0.05) is 18.2 Å². The van der Waals surface area contributed by atoms with Gasteiger partial charge in [0.1, 0.15) is 5.97 Å². The smallest absolute Gasteiger partial charge is 0.210 e. The fourth-order valence-corrected chi connectivity index (χ4v) is 2.21. The minimum atomic E-state index is -1.72. The summed E-state index contributed by atoms with van der Waals surface area (Å²) in [6.45, 7) is 1.89. The van der Waals surface area contributed by atoms with E-state index in [1.165, 1.54) is 0 Å². The van der Waals surface area contributed by atoms with Crippen molar-refractivity contribution < 1.29 is 19.8 Å². The molecule has 1 heterocycles. The molecule has 0 unspecified atom stereocenters. The number of hydrogen-bond acceptors (Lipinski definition) is 4. The average molecular weight is 246 g/mol. The van der Waals surface area contributed by atoms with Crippen LogP contribution in [-0.2, 0) is 11.3 Å². The maximum atomic E-state index is 11.7. The van der Waals surface area contributed by atoms with E-state index >= 15 is 0 Å². The van der Waals surface area contributed by atoms with E-state index in [-0.39, 0.29) is 12.2 Å². The standard InChI is InChI=1S/C13H13NO4/c1-8-11(12(16)13(17)18)9-4-2-3-5-10(9)14(8)6-7-15/h2-5,15H,6-7H2,1H3,(H,17,18)/p-1. The lowest BCUT2D eigenvalue weighted by molar-refractivity contribution is -0.296. The zero-order valence-electron chi connectivity index (χ0n) is 9.84. The highest BCUT2D eigenvalue weighted by Crippen LogP contribution is 2.26. The number of aliphatic hydroxyl groups excluding tert-OH is 1. The third kappa shape index (κ3) is 1.78. The van der Waals surface area contributed by atoms with E-state index in [1.54, 1.807) is 35.8 Å². The van der Waals surface area contributed by atoms with Gasteiger partial charge in [0.05, 0.1) is 12.2 Å². The number of rotatable bonds is 4. The minimum Gasteiger partial charge on any atom is -0.541 e. The molecule has 18 heavy (non-hydrogen) atoms. The fourth-order valence-electron chi connectivity index (χ4n) is 2.21. The predicted octanol–water partition coefficient (Wildman–Crippen LogP) is -0.125. The SMILES string of the molecule is Cc1c(C(=O)C(=O)[O-])c2ccccc2n1CCO. The summed E-state index contributed by atoms with van der Waals surface area (Å²) in [6, 6.07) is 7.00. The maximum absolute atomic E-state index is 11.7. The summed E-state index contributed by atoms with van der Waals surface area (Å²) in [5.74, 6) is -2.75. The fraction of sp³-hybridized carbons (Fsp3) is 0.231. The van der Waals surface area contributed by atoms with E-state index in [2.05, 4.69) is 0 Å². The first-order valence-electron chi connectivity index (χ1n) is 5.52. The molecule has 0 radical (unpaired) electrons. The van der Waals surface area contributed by atoms with Crippen molar-refractivity contribution in [2.75, 3.05) is 6.61 Å². The Bertz CT molecular complexity index is 627. The molecule has 1 N–H and O–H groups in total. The molecule has 1 aromatic heterocycles. The number of carbonyl (C=O) groups excluding carboxylic acids is 2. The first-order chi connectivity index (χ1) is 8.57. The molecule has 0 saturated carbocycles. The summed E-state index contributed by atoms with van der Waals surface area (Å²) in [4.78, 5) is 22.4. The second-order valence-corrected chi connectivity index (χ2v) is 3.97. The number of carboxylic acids is 1. The molecule has 2 aromatic rings. The van der Waals surface area contributed by atoms with E-state index in [0.29, 0.717) is 17.6 Å². The van der Waals surface area contributed by atoms with Crippen molar-refractivity contribution in [3.63, 3.8) is 0 Å². The van der Waals surface area contributed by atoms with Crippen molar-refractivity contribution >= 4 is 22.7 Å². The largest absolute Gasteiger partial charge is 0.541 e. The zero-order chi connectivity index (χ0) is 13.3. The summed E-state index contributed by atoms with van der Waals surface area (Å²) in [5, 5.41) is 20.3. The number of nitrogens with zero attached hydrogens (tertiary/aromatic N) is 1. The quantitative estimate of drug-likeness (QED) is 0.602. The zero-order valence-corrected chi connectivity index (χ0v) is 9.84. The average Bonchev–Trinajstić information content (AvgIpc) is 2.62. The topological polar surface area (TPSA) is 82.4 Å². The van der Waals surface area contributed by atoms with Crippen LogP contribution in [-0.4, -0.2) is 28.0 Å². The van der Waals surface area contributed by atoms with Gasteiger partial charge in [-0.25, -0.2) is 0 Å². The van der Waals surface area contributed by atoms with Crippen LogP contribution in [0.4, 0.5) is 0 Å². The number of carbonyl (C=O) groups is 2. The second kappa shape index (κ2) is 4.62. The van der Waals surface area contributed by atoms with E-state index in [0.717, 1.165) is 5.52 Å². The van der Waals surface area contributed by atoms with Crippen LogP contribution in [0.3, 0.4) is 0 Å². The van der Waals surface area contributed by atoms with Crippen LogP contribution < -0.4 is 5.11 Å². The predicted molar refractivity (Wildman–Crippen MR) is 63.1 cm³/mol. The molecule has 1 aromatic carbocycles. The van der Waals surface area contributed by atoms with Crippen LogP contribution in [0.25, 0.3) is 10.9 Å². The number of carboxylic acid groups (broad SMARTS) is 1. The Morgan fingerprint density at radius 2 is 2.00 bits per heavy atom. The van der Waals surface area contributed by atoms with Gasteiger partial charge in [-0.3, -0.25) is 4.79 Å². The molecule has 0 aliphatic rings. The highest BCUT2D eigenvalue weighted by molar-refractivity contribution is 6.41. The van der Waals surface area contributed by atoms with Crippen LogP contribution in [0.15, 0.2) is 24.3 Å². The normalized spacial score (nSPS) is 10.8. The van der Waals surface area contributed by atoms with Crippen molar-refractivity contribution in [3.05, 3.63) is 35.5 Å². The van der Waals surface area contributed by atoms with Crippen LogP contribution >= 0.6 is 0 Å². The summed E-state index contributed by atoms with van der Waals surface area (Å²) < 4.78 is 1.73. The first kappa shape index (κ1) is 12.3. The van der Waals surface area contributed by atoms with Gasteiger partial charge in [0.15, 0.2) is 0 Å². The molecule has 0 aliphatic carbocycles. The van der Waals surface area contributed by atoms with Crippen LogP contribution in [0.2, 0.25) is 0 Å². The van der Waals surface area contributed by atoms with Crippen molar-refractivity contribution in [2.45, 2.75) is 13.5 Å². The first-order valence-corrected chi connectivity index (χ1v) is 5.52. The number of Topliss-reactive ketones (excluding diaryl/α,β-unsaturated/α-hetero) is 1. The van der Waals surface area contributed by atoms with E-state index in [4.69, 9.17) is 5.11 Å². The molecular formula is C13H12NO4-. The monoisotopic (exact) mass is 246 g/mol. The molecule has 0 saturated heterocycles. The number of aliphatic carboxylic acids is 1. The lowest BCUT2D eigenvalue weighted by Crippen LogP contribution is -2.32. The van der Waals surface area contributed by atoms with Gasteiger partial charge in [0, 0.05) is 23.1 Å². The molecule has 0 amide bonds. The Hall–Kier alpha value is -2.14. The summed E-state index contributed by atoms with van der Waals surface area (Å²) in [6.07, 6.45) is 0. The lowest BCUT2D eigenvalue weighted by Gasteiger charge is -2.06. The molecule has 0 bridgehead atoms. The maximum Gasteiger partial charge on any atom is 0.210 e. The number of fused-ring (bicyclic) bond motifs is 1. The van der Waals surface area contributed by atoms with Crippen molar-refractivity contribution in [1.29, 1.82) is 0 Å². The Balaban J connectivity index is 2.77. The summed E-state index contributed by atoms with van der Waals surface area (Å²) in [5.41, 5.74) is 1.40. The van der Waals surface area contributed by atoms with E-state index in [1.807, 2.05) is 0 Å². The van der Waals surface area contributed by atoms with Crippen LogP contribution in [0, 0.1) is 6.92 Å². The van der Waals surface area contributed by atoms with Gasteiger partial charge >= 0.3 is 0 Å². The Morgan fingerprint density at radius 3 is 2.61 bits per heavy atom. The Morgan fingerprint density at radius 1 is 1.33 bits per heavy atom. The molecule has 5 nitrogen and oxygen atoms in total. The van der Waals surface area contributed by atoms with E-state index in [9.17, 15) is 14.7 Å². The van der Waals surface area contributed by atoms with Crippen LogP contribution in [0.5, 0.6) is 0 Å². The number of hydrogen-bond donors (Lipinski definition) is 1. The van der Waals surface area contributed by atoms with Gasteiger partial charge < -0.3 is 19.6 Å². The van der Waals surface area contributed by atoms with Crippen molar-refractivity contribution in [2.24, 2.45) is 0 Å². The molecule has 5 heteroatoms. The third-order valence-electron chi connectivity index (χ3n) is 2.97. The molecule has 0 fully saturated rings. The van der Waals surface area contributed by atoms with Gasteiger partial charge in [-0.15, -0.1) is 0 Å². The number of benzene rings is 1. The Labute approximate surface area is 103 Å². The van der Waals surface area contributed by atoms with Gasteiger partial charge in [-0.2, -0.15) is 0 Å². The number of ketones is 1. The van der Waals surface area contributed by atoms with Gasteiger partial charge in [0.2, 0.25) is 5.78 Å². The number of para-hydroxylation sites is 1. The second-order valence-electron chi connectivity index (χ2n) is 3.97. The van der Waals surface area contributed by atoms with Gasteiger partial charge in [0.25, 0.3) is 0 Å². The molecule has 0 aliphatic heterocycles. The number of aromatic nitrogens is 1. The van der Waals surface area contributed by atoms with Crippen molar-refractivity contribution in [3.8, 4) is 0 Å². The summed E-state index contributed by atoms with van der Waals surface area (Å²) in [7, 11) is 0. The third-order valence-corrected chi connectivity index (χ3v) is 2.97. The van der Waals surface area contributed by atoms with E-state index < -0.39 is 11.8 Å². The minimum absolute atomic E-state index is 0.0849. The number of aliphatic hydroxyl groups is 1. The highest BCUT2D eigenvalue weighted by Gasteiger charge is 2.19. The Kier molecular flexibility index (Phi) is 3.16. The molecule has 94 valence electrons. The molecule has 0 atom stereocenters. The molecule has 0 spiro atoms. The summed E-state index contributed by atoms with van der Waals surface area (Å²) >= 11 is 0. The van der Waals surface area contributed by atoms with Crippen LogP contribution in [0.1, 0.15) is 16.1 Å². The van der Waals surface area contributed by atoms with Gasteiger partial charge in [-0.05, 0) is 13.0 Å². The lowest BCUT2D eigenvalue weighted by atomic mass is 10.1. The molecular weight excluding hydrogens is 234 g/mol. The highest BCUT2D eigenvalue weighted by atomic mass is 16.4. The van der Waals surface area contributed by atoms with Crippen molar-refractivity contribution in [1.82, 2.24) is 4.57 Å².